The molecule has 22 heteroatoms. The first-order valence-electron chi connectivity index (χ1n) is 24.8. The van der Waals surface area contributed by atoms with Gasteiger partial charge in [-0.1, -0.05) is 104 Å². The smallest absolute Gasteiger partial charge is 0.151 e. The van der Waals surface area contributed by atoms with Gasteiger partial charge in [0.2, 0.25) is 0 Å². The zero-order chi connectivity index (χ0) is 54.0. The summed E-state index contributed by atoms with van der Waals surface area (Å²) < 4.78 is 5.94. The summed E-state index contributed by atoms with van der Waals surface area (Å²) in [4.78, 5) is 13.1. The molecule has 0 atom stereocenters. The minimum absolute atomic E-state index is 0.880. The number of para-hydroxylation sites is 2. The number of thioether (sulfide) groups is 1. The van der Waals surface area contributed by atoms with Crippen molar-refractivity contribution >= 4 is 82.8 Å². The first-order chi connectivity index (χ1) is 37.7. The maximum Gasteiger partial charge on any atom is 0.151 e. The fraction of sp³-hybridized carbons (Fsp3) is 0.185. The molecular weight excluding hydrogens is 993 g/mol. The van der Waals surface area contributed by atoms with E-state index in [9.17, 15) is 0 Å². The lowest BCUT2D eigenvalue weighted by atomic mass is 10.3. The number of hydrogen-bond donors (Lipinski definition) is 7. The number of nitrogens with zero attached hydrogens (tertiary/aromatic N) is 13. The Balaban J connectivity index is 0.000000157. The Kier molecular flexibility index (Phi) is 25.5. The molecule has 0 radical (unpaired) electrons. The van der Waals surface area contributed by atoms with Crippen LogP contribution < -0.4 is 0 Å². The van der Waals surface area contributed by atoms with Crippen molar-refractivity contribution in [1.82, 2.24) is 99.5 Å². The van der Waals surface area contributed by atoms with Crippen molar-refractivity contribution in [2.45, 2.75) is 66.9 Å². The van der Waals surface area contributed by atoms with Crippen molar-refractivity contribution < 1.29 is 0 Å². The fourth-order valence-corrected chi connectivity index (χ4v) is 8.01. The third-order valence-electron chi connectivity index (χ3n) is 9.79. The monoisotopic (exact) mass is 1060 g/mol. The highest BCUT2D eigenvalue weighted by molar-refractivity contribution is 7.98. The van der Waals surface area contributed by atoms with Crippen molar-refractivity contribution in [3.63, 3.8) is 0 Å². The highest BCUT2D eigenvalue weighted by atomic mass is 32.2. The second-order valence-corrected chi connectivity index (χ2v) is 16.2. The van der Waals surface area contributed by atoms with Gasteiger partial charge in [-0.25, -0.2) is 15.0 Å². The Labute approximate surface area is 448 Å². The van der Waals surface area contributed by atoms with E-state index in [1.807, 2.05) is 226 Å². The normalized spacial score (nSPS) is 10.2. The van der Waals surface area contributed by atoms with Gasteiger partial charge in [-0.05, 0) is 36.4 Å². The number of benzene rings is 2. The minimum Gasteiger partial charge on any atom is -0.306 e. The van der Waals surface area contributed by atoms with Gasteiger partial charge >= 0.3 is 0 Å². The molecule has 0 saturated carbocycles. The zero-order valence-electron chi connectivity index (χ0n) is 43.9. The number of hydrogen-bond acceptors (Lipinski definition) is 12. The highest BCUT2D eigenvalue weighted by Gasteiger charge is 2.11. The lowest BCUT2D eigenvalue weighted by Gasteiger charge is -1.86. The minimum atomic E-state index is 0.880. The number of thiazole rings is 1. The van der Waals surface area contributed by atoms with E-state index in [0.717, 1.165) is 66.4 Å². The van der Waals surface area contributed by atoms with Crippen LogP contribution in [0.15, 0.2) is 190 Å². The number of pyridine rings is 2. The summed E-state index contributed by atoms with van der Waals surface area (Å²) in [7, 11) is 0. The van der Waals surface area contributed by atoms with Crippen LogP contribution in [0.5, 0.6) is 0 Å². The predicted octanol–water partition coefficient (Wildman–Crippen LogP) is 13.0. The van der Waals surface area contributed by atoms with Gasteiger partial charge in [-0.2, -0.15) is 47.5 Å². The third-order valence-corrected chi connectivity index (χ3v) is 11.6. The Morgan fingerprint density at radius 2 is 0.829 bits per heavy atom. The Morgan fingerprint density at radius 3 is 1.33 bits per heavy atom. The van der Waals surface area contributed by atoms with Crippen molar-refractivity contribution in [1.29, 1.82) is 0 Å². The Hall–Kier alpha value is -9.15. The van der Waals surface area contributed by atoms with Gasteiger partial charge in [0.05, 0.1) is 108 Å². The maximum atomic E-state index is 3.96. The van der Waals surface area contributed by atoms with Crippen LogP contribution in [0, 0.1) is 0 Å². The second kappa shape index (κ2) is 33.6. The van der Waals surface area contributed by atoms with E-state index in [0.29, 0.717) is 0 Å². The molecule has 15 aromatic rings. The molecular formula is C54H66N20S2. The van der Waals surface area contributed by atoms with Crippen LogP contribution in [0.4, 0.5) is 0 Å². The highest BCUT2D eigenvalue weighted by Crippen LogP contribution is 2.26. The molecule has 7 N–H and O–H groups in total. The molecule has 1 aliphatic rings. The standard InChI is InChI=1S/4C7H6N2.C5H6N2S.C5H4N2S.2C4H4N4.4C2H6/c2*1-2-4-9-6-8-5-7(9)3-1;2*1-2-4-7-6(3-1)5-8-9-7;1-4-2-8-3-5(4)7-6-1;1-2-8-5-3-6-4-7(1)5;1-3-4(8-5-1)2-6-7-3;1-3-2-6-8-4(3)7-5-1;4*1-2/h2*1-6H;2*1-5H,(H,8,9);1H,2-3H2,(H,6,7);1-4H;1-2H,(H,5,8)(H,6,7);1-2H,(H2,5,6,7,8);4*1-2H3. The molecule has 14 heterocycles. The lowest BCUT2D eigenvalue weighted by molar-refractivity contribution is 1.04. The molecule has 0 unspecified atom stereocenters. The van der Waals surface area contributed by atoms with E-state index < -0.39 is 0 Å². The van der Waals surface area contributed by atoms with E-state index in [-0.39, 0.29) is 0 Å². The fourth-order valence-electron chi connectivity index (χ4n) is 6.31. The van der Waals surface area contributed by atoms with Crippen molar-refractivity contribution in [2.24, 2.45) is 0 Å². The van der Waals surface area contributed by atoms with E-state index in [4.69, 9.17) is 0 Å². The van der Waals surface area contributed by atoms with Gasteiger partial charge in [-0.15, -0.1) is 11.3 Å². The summed E-state index contributed by atoms with van der Waals surface area (Å²) in [6.45, 7) is 16.0. The number of aromatic nitrogens is 20. The van der Waals surface area contributed by atoms with E-state index in [1.165, 1.54) is 16.1 Å². The maximum absolute atomic E-state index is 3.96. The van der Waals surface area contributed by atoms with E-state index in [1.54, 1.807) is 55.1 Å². The molecule has 2 aromatic carbocycles. The number of nitrogens with one attached hydrogen (secondary N) is 7. The number of fused-ring (bicyclic) bond motifs is 8. The van der Waals surface area contributed by atoms with Gasteiger partial charge < -0.3 is 8.80 Å². The first-order valence-corrected chi connectivity index (χ1v) is 26.9. The number of rotatable bonds is 0. The van der Waals surface area contributed by atoms with Crippen molar-refractivity contribution in [2.75, 3.05) is 0 Å². The number of imidazole rings is 3. The van der Waals surface area contributed by atoms with Crippen LogP contribution in [0.1, 0.15) is 66.6 Å². The van der Waals surface area contributed by atoms with Gasteiger partial charge in [0, 0.05) is 57.5 Å². The van der Waals surface area contributed by atoms with Gasteiger partial charge in [-0.3, -0.25) is 40.1 Å². The molecule has 20 nitrogen and oxygen atoms in total. The second-order valence-electron chi connectivity index (χ2n) is 14.3. The van der Waals surface area contributed by atoms with Crippen LogP contribution in [0.2, 0.25) is 0 Å². The van der Waals surface area contributed by atoms with Gasteiger partial charge in [0.15, 0.2) is 5.65 Å². The van der Waals surface area contributed by atoms with E-state index >= 15 is 0 Å². The van der Waals surface area contributed by atoms with Crippen LogP contribution in [-0.4, -0.2) is 99.5 Å². The average Bonchev–Trinajstić information content (AvgIpc) is 4.31. The molecule has 0 fully saturated rings. The summed E-state index contributed by atoms with van der Waals surface area (Å²) in [5, 5.41) is 51.8. The number of aromatic amines is 7. The molecule has 13 aromatic heterocycles. The van der Waals surface area contributed by atoms with Gasteiger partial charge in [0.1, 0.15) is 15.9 Å². The molecule has 0 saturated heterocycles. The SMILES string of the molecule is CC.CC.CC.CC.c1ccc2[nH]ncc2c1.c1ccc2[nH]ncc2c1.c1ccn2cncc2c1.c1ccn2cncc2c1.c1cn2cncc2s1.c1n[nH]c2[nH]ncc12.c1n[nH]c2c1CSC2.c1n[nH]c2cn[nH]c12. The summed E-state index contributed by atoms with van der Waals surface area (Å²) >= 11 is 3.63. The van der Waals surface area contributed by atoms with Crippen LogP contribution in [0.25, 0.3) is 59.7 Å². The third kappa shape index (κ3) is 17.5. The molecule has 76 heavy (non-hydrogen) atoms. The predicted molar refractivity (Wildman–Crippen MR) is 311 cm³/mol. The van der Waals surface area contributed by atoms with Crippen LogP contribution in [-0.2, 0) is 11.5 Å². The number of H-pyrrole nitrogens is 7. The molecule has 0 bridgehead atoms. The largest absolute Gasteiger partial charge is 0.306 e. The van der Waals surface area contributed by atoms with Crippen LogP contribution >= 0.6 is 23.1 Å². The Bertz CT molecular complexity index is 3060. The molecule has 1 aliphatic heterocycles. The lowest BCUT2D eigenvalue weighted by Crippen LogP contribution is -1.75. The topological polar surface area (TPSA) is 253 Å². The zero-order valence-corrected chi connectivity index (χ0v) is 45.6. The molecule has 0 spiro atoms. The molecule has 16 rings (SSSR count). The average molecular weight is 1060 g/mol. The molecule has 0 amide bonds. The van der Waals surface area contributed by atoms with Crippen LogP contribution in [0.3, 0.4) is 0 Å². The summed E-state index contributed by atoms with van der Waals surface area (Å²) in [6, 6.07) is 28.0. The first kappa shape index (κ1) is 57.7. The van der Waals surface area contributed by atoms with E-state index in [2.05, 4.69) is 86.3 Å². The summed E-state index contributed by atoms with van der Waals surface area (Å²) in [5.41, 5.74) is 9.94. The van der Waals surface area contributed by atoms with Crippen molar-refractivity contribution in [3.8, 4) is 0 Å². The molecule has 0 aliphatic carbocycles. The van der Waals surface area contributed by atoms with Crippen molar-refractivity contribution in [3.05, 3.63) is 201 Å². The quantitative estimate of drug-likeness (QED) is 0.0752. The summed E-state index contributed by atoms with van der Waals surface area (Å²) in [5.74, 6) is 2.27. The van der Waals surface area contributed by atoms with Gasteiger partial charge in [0.25, 0.3) is 0 Å². The summed E-state index contributed by atoms with van der Waals surface area (Å²) in [6.07, 6.45) is 29.2. The molecule has 394 valence electrons. The Morgan fingerprint density at radius 1 is 0.382 bits per heavy atom.